The van der Waals surface area contributed by atoms with Crippen molar-refractivity contribution in [2.45, 2.75) is 58.9 Å². The second kappa shape index (κ2) is 9.22. The molecule has 1 aromatic rings. The smallest absolute Gasteiger partial charge is 0.225 e. The van der Waals surface area contributed by atoms with Crippen LogP contribution in [0.4, 0.5) is 0 Å². The largest absolute Gasteiger partial charge is 0.346 e. The van der Waals surface area contributed by atoms with Gasteiger partial charge in [0.2, 0.25) is 5.91 Å². The van der Waals surface area contributed by atoms with E-state index >= 15 is 0 Å². The molecule has 1 aliphatic rings. The van der Waals surface area contributed by atoms with E-state index < -0.39 is 0 Å². The first-order valence-electron chi connectivity index (χ1n) is 9.57. The molecule has 1 heterocycles. The first-order chi connectivity index (χ1) is 11.5. The Hall–Kier alpha value is -1.35. The number of carbonyl (C=O) groups excluding carboxylic acids is 1. The summed E-state index contributed by atoms with van der Waals surface area (Å²) >= 11 is 0. The van der Waals surface area contributed by atoms with Crippen LogP contribution < -0.4 is 0 Å². The maximum absolute atomic E-state index is 12.5. The lowest BCUT2D eigenvalue weighted by Crippen LogP contribution is -2.41. The molecule has 3 nitrogen and oxygen atoms in total. The molecule has 0 saturated carbocycles. The number of nitrogens with zero attached hydrogens (tertiary/aromatic N) is 2. The molecule has 0 N–H and O–H groups in total. The number of hydrogen-bond acceptors (Lipinski definition) is 2. The maximum Gasteiger partial charge on any atom is 0.225 e. The van der Waals surface area contributed by atoms with Gasteiger partial charge in [0.15, 0.2) is 0 Å². The quantitative estimate of drug-likeness (QED) is 0.745. The van der Waals surface area contributed by atoms with Crippen molar-refractivity contribution < 1.29 is 4.79 Å². The van der Waals surface area contributed by atoms with Crippen molar-refractivity contribution >= 4 is 5.91 Å². The predicted octanol–water partition coefficient (Wildman–Crippen LogP) is 4.28. The number of piperidine rings is 1. The van der Waals surface area contributed by atoms with Gasteiger partial charge in [0.05, 0.1) is 0 Å². The molecule has 1 amide bonds. The van der Waals surface area contributed by atoms with Gasteiger partial charge in [-0.1, -0.05) is 51.5 Å². The van der Waals surface area contributed by atoms with Crippen LogP contribution in [0.15, 0.2) is 24.3 Å². The summed E-state index contributed by atoms with van der Waals surface area (Å²) < 4.78 is 0. The lowest BCUT2D eigenvalue weighted by Gasteiger charge is -2.33. The Bertz CT molecular complexity index is 501. The van der Waals surface area contributed by atoms with Gasteiger partial charge in [0, 0.05) is 26.1 Å². The van der Waals surface area contributed by atoms with E-state index in [1.165, 1.54) is 11.1 Å². The van der Waals surface area contributed by atoms with E-state index in [1.54, 1.807) is 0 Å². The van der Waals surface area contributed by atoms with Gasteiger partial charge in [-0.2, -0.15) is 0 Å². The molecule has 2 rings (SSSR count). The van der Waals surface area contributed by atoms with E-state index in [2.05, 4.69) is 49.9 Å². The number of hydrogen-bond donors (Lipinski definition) is 0. The van der Waals surface area contributed by atoms with E-state index in [1.807, 2.05) is 11.9 Å². The molecule has 0 atom stereocenters. The molecule has 0 radical (unpaired) electrons. The Morgan fingerprint density at radius 1 is 1.21 bits per heavy atom. The molecule has 0 aromatic heterocycles. The van der Waals surface area contributed by atoms with Gasteiger partial charge >= 0.3 is 0 Å². The molecule has 3 heteroatoms. The van der Waals surface area contributed by atoms with Crippen molar-refractivity contribution in [1.82, 2.24) is 9.80 Å². The Labute approximate surface area is 148 Å². The summed E-state index contributed by atoms with van der Waals surface area (Å²) in [5.74, 6) is 1.17. The van der Waals surface area contributed by atoms with Crippen LogP contribution in [0.1, 0.15) is 63.5 Å². The molecule has 0 bridgehead atoms. The van der Waals surface area contributed by atoms with Gasteiger partial charge in [-0.25, -0.2) is 0 Å². The van der Waals surface area contributed by atoms with Crippen molar-refractivity contribution in [1.29, 1.82) is 0 Å². The molecule has 1 aliphatic heterocycles. The highest BCUT2D eigenvalue weighted by atomic mass is 16.2. The Morgan fingerprint density at radius 3 is 2.38 bits per heavy atom. The zero-order valence-corrected chi connectivity index (χ0v) is 15.9. The van der Waals surface area contributed by atoms with Crippen molar-refractivity contribution in [3.8, 4) is 0 Å². The van der Waals surface area contributed by atoms with Gasteiger partial charge in [0.25, 0.3) is 0 Å². The minimum atomic E-state index is 0.228. The van der Waals surface area contributed by atoms with Gasteiger partial charge in [-0.3, -0.25) is 9.69 Å². The molecule has 1 saturated heterocycles. The SMILES string of the molecule is CCCCN(C)C(=O)C1CCN(Cc2ccc(C(C)C)cc2)CC1. The van der Waals surface area contributed by atoms with Gasteiger partial charge in [0.1, 0.15) is 0 Å². The summed E-state index contributed by atoms with van der Waals surface area (Å²) in [6, 6.07) is 9.01. The van der Waals surface area contributed by atoms with Crippen LogP contribution in [-0.4, -0.2) is 42.4 Å². The van der Waals surface area contributed by atoms with E-state index in [4.69, 9.17) is 0 Å². The molecule has 24 heavy (non-hydrogen) atoms. The maximum atomic E-state index is 12.5. The van der Waals surface area contributed by atoms with Crippen LogP contribution in [0.3, 0.4) is 0 Å². The third-order valence-electron chi connectivity index (χ3n) is 5.21. The van der Waals surface area contributed by atoms with Crippen LogP contribution in [-0.2, 0) is 11.3 Å². The molecular formula is C21H34N2O. The van der Waals surface area contributed by atoms with E-state index in [0.717, 1.165) is 51.9 Å². The first-order valence-corrected chi connectivity index (χ1v) is 9.57. The summed E-state index contributed by atoms with van der Waals surface area (Å²) in [5, 5.41) is 0. The number of benzene rings is 1. The topological polar surface area (TPSA) is 23.6 Å². The van der Waals surface area contributed by atoms with E-state index in [9.17, 15) is 4.79 Å². The standard InChI is InChI=1S/C21H34N2O/c1-5-6-13-22(4)21(24)20-11-14-23(15-12-20)16-18-7-9-19(10-8-18)17(2)3/h7-10,17,20H,5-6,11-16H2,1-4H3. The second-order valence-electron chi connectivity index (χ2n) is 7.56. The van der Waals surface area contributed by atoms with Crippen molar-refractivity contribution in [2.75, 3.05) is 26.7 Å². The highest BCUT2D eigenvalue weighted by Gasteiger charge is 2.26. The number of rotatable bonds is 7. The zero-order chi connectivity index (χ0) is 17.5. The predicted molar refractivity (Wildman–Crippen MR) is 101 cm³/mol. The second-order valence-corrected chi connectivity index (χ2v) is 7.56. The molecule has 1 aromatic carbocycles. The zero-order valence-electron chi connectivity index (χ0n) is 15.9. The molecule has 1 fully saturated rings. The van der Waals surface area contributed by atoms with Crippen LogP contribution in [0, 0.1) is 5.92 Å². The highest BCUT2D eigenvalue weighted by Crippen LogP contribution is 2.22. The monoisotopic (exact) mass is 330 g/mol. The van der Waals surface area contributed by atoms with E-state index in [0.29, 0.717) is 11.8 Å². The Balaban J connectivity index is 1.79. The molecule has 0 unspecified atom stereocenters. The molecule has 0 spiro atoms. The highest BCUT2D eigenvalue weighted by molar-refractivity contribution is 5.78. The minimum Gasteiger partial charge on any atom is -0.346 e. The van der Waals surface area contributed by atoms with Gasteiger partial charge in [-0.15, -0.1) is 0 Å². The number of amides is 1. The lowest BCUT2D eigenvalue weighted by molar-refractivity contribution is -0.135. The van der Waals surface area contributed by atoms with E-state index in [-0.39, 0.29) is 5.92 Å². The van der Waals surface area contributed by atoms with Crippen LogP contribution in [0.5, 0.6) is 0 Å². The summed E-state index contributed by atoms with van der Waals surface area (Å²) in [4.78, 5) is 16.9. The van der Waals surface area contributed by atoms with Crippen LogP contribution in [0.25, 0.3) is 0 Å². The van der Waals surface area contributed by atoms with Crippen molar-refractivity contribution in [3.05, 3.63) is 35.4 Å². The van der Waals surface area contributed by atoms with Gasteiger partial charge in [-0.05, 0) is 49.4 Å². The van der Waals surface area contributed by atoms with Crippen molar-refractivity contribution in [2.24, 2.45) is 5.92 Å². The normalized spacial score (nSPS) is 16.5. The number of likely N-dealkylation sites (tertiary alicyclic amines) is 1. The summed E-state index contributed by atoms with van der Waals surface area (Å²) in [6.07, 6.45) is 4.25. The summed E-state index contributed by atoms with van der Waals surface area (Å²) in [7, 11) is 1.96. The van der Waals surface area contributed by atoms with Gasteiger partial charge < -0.3 is 4.90 Å². The Kier molecular flexibility index (Phi) is 7.29. The summed E-state index contributed by atoms with van der Waals surface area (Å²) in [6.45, 7) is 10.6. The number of unbranched alkanes of at least 4 members (excludes halogenated alkanes) is 1. The third-order valence-corrected chi connectivity index (χ3v) is 5.21. The Morgan fingerprint density at radius 2 is 1.83 bits per heavy atom. The lowest BCUT2D eigenvalue weighted by atomic mass is 9.94. The summed E-state index contributed by atoms with van der Waals surface area (Å²) in [5.41, 5.74) is 2.78. The molecule has 134 valence electrons. The fourth-order valence-corrected chi connectivity index (χ4v) is 3.42. The fraction of sp³-hybridized carbons (Fsp3) is 0.667. The fourth-order valence-electron chi connectivity index (χ4n) is 3.42. The average Bonchev–Trinajstić information content (AvgIpc) is 2.60. The minimum absolute atomic E-state index is 0.228. The molecule has 0 aliphatic carbocycles. The first kappa shape index (κ1) is 19.0. The van der Waals surface area contributed by atoms with Crippen LogP contribution in [0.2, 0.25) is 0 Å². The molecular weight excluding hydrogens is 296 g/mol. The van der Waals surface area contributed by atoms with Crippen LogP contribution >= 0.6 is 0 Å². The number of carbonyl (C=O) groups is 1. The average molecular weight is 331 g/mol. The van der Waals surface area contributed by atoms with Crippen molar-refractivity contribution in [3.63, 3.8) is 0 Å². The third kappa shape index (κ3) is 5.34.